The van der Waals surface area contributed by atoms with Crippen LogP contribution in [0, 0.1) is 12.3 Å². The van der Waals surface area contributed by atoms with Gasteiger partial charge in [0, 0.05) is 0 Å². The van der Waals surface area contributed by atoms with Crippen molar-refractivity contribution in [1.29, 1.82) is 0 Å². The smallest absolute Gasteiger partial charge is 0.329 e. The Morgan fingerprint density at radius 1 is 1.56 bits per heavy atom. The van der Waals surface area contributed by atoms with Crippen LogP contribution in [0.2, 0.25) is 0 Å². The minimum absolute atomic E-state index is 0.356. The van der Waals surface area contributed by atoms with Gasteiger partial charge in [-0.2, -0.15) is 0 Å². The molecule has 1 fully saturated rings. The van der Waals surface area contributed by atoms with E-state index in [0.717, 1.165) is 6.42 Å². The van der Waals surface area contributed by atoms with Crippen LogP contribution in [0.1, 0.15) is 32.6 Å². The minimum Gasteiger partial charge on any atom is -0.480 e. The molecule has 1 aliphatic carbocycles. The van der Waals surface area contributed by atoms with E-state index < -0.39 is 17.5 Å². The molecule has 0 aromatic carbocycles. The van der Waals surface area contributed by atoms with Gasteiger partial charge < -0.3 is 15.7 Å². The van der Waals surface area contributed by atoms with Gasteiger partial charge >= 0.3 is 12.0 Å². The first-order chi connectivity index (χ1) is 7.54. The van der Waals surface area contributed by atoms with Gasteiger partial charge in [0.15, 0.2) is 0 Å². The zero-order valence-corrected chi connectivity index (χ0v) is 9.25. The Hall–Kier alpha value is -1.70. The highest BCUT2D eigenvalue weighted by Crippen LogP contribution is 2.31. The molecule has 1 rings (SSSR count). The Morgan fingerprint density at radius 2 is 2.19 bits per heavy atom. The Balaban J connectivity index is 2.51. The summed E-state index contributed by atoms with van der Waals surface area (Å²) in [6.45, 7) is 1.85. The van der Waals surface area contributed by atoms with Crippen molar-refractivity contribution < 1.29 is 14.7 Å². The lowest BCUT2D eigenvalue weighted by atomic mass is 9.77. The quantitative estimate of drug-likeness (QED) is 0.615. The van der Waals surface area contributed by atoms with Gasteiger partial charge in [0.1, 0.15) is 5.54 Å². The normalized spacial score (nSPS) is 18.8. The third kappa shape index (κ3) is 2.45. The molecule has 0 radical (unpaired) electrons. The molecule has 0 aliphatic heterocycles. The number of amides is 2. The van der Waals surface area contributed by atoms with Crippen LogP contribution in [0.15, 0.2) is 0 Å². The number of carbonyl (C=O) groups excluding carboxylic acids is 1. The zero-order chi connectivity index (χ0) is 12.2. The second kappa shape index (κ2) is 4.88. The van der Waals surface area contributed by atoms with E-state index in [1.165, 1.54) is 0 Å². The molecule has 1 atom stereocenters. The van der Waals surface area contributed by atoms with Crippen LogP contribution in [-0.2, 0) is 4.79 Å². The molecule has 0 aromatic heterocycles. The molecule has 0 heterocycles. The van der Waals surface area contributed by atoms with E-state index in [1.54, 1.807) is 0 Å². The predicted molar refractivity (Wildman–Crippen MR) is 58.8 cm³/mol. The topological polar surface area (TPSA) is 78.4 Å². The van der Waals surface area contributed by atoms with Gasteiger partial charge in [-0.3, -0.25) is 0 Å². The maximum Gasteiger partial charge on any atom is 0.329 e. The SMILES string of the molecule is C#CC(CC)NC(=O)NC1(C(=O)O)CCC1. The highest BCUT2D eigenvalue weighted by molar-refractivity contribution is 5.87. The van der Waals surface area contributed by atoms with E-state index in [-0.39, 0.29) is 6.04 Å². The average molecular weight is 224 g/mol. The van der Waals surface area contributed by atoms with Gasteiger partial charge in [-0.05, 0) is 25.7 Å². The van der Waals surface area contributed by atoms with Crippen LogP contribution in [-0.4, -0.2) is 28.7 Å². The Kier molecular flexibility index (Phi) is 3.78. The van der Waals surface area contributed by atoms with Crippen molar-refractivity contribution in [1.82, 2.24) is 10.6 Å². The number of aliphatic carboxylic acids is 1. The summed E-state index contributed by atoms with van der Waals surface area (Å²) in [6.07, 6.45) is 7.58. The van der Waals surface area contributed by atoms with Crippen molar-refractivity contribution in [3.05, 3.63) is 0 Å². The summed E-state index contributed by atoms with van der Waals surface area (Å²) in [4.78, 5) is 22.5. The van der Waals surface area contributed by atoms with Gasteiger partial charge in [0.05, 0.1) is 6.04 Å². The van der Waals surface area contributed by atoms with Crippen molar-refractivity contribution >= 4 is 12.0 Å². The van der Waals surface area contributed by atoms with Gasteiger partial charge in [-0.15, -0.1) is 6.42 Å². The number of terminal acetylenes is 1. The molecule has 1 saturated carbocycles. The van der Waals surface area contributed by atoms with Crippen LogP contribution >= 0.6 is 0 Å². The second-order valence-electron chi connectivity index (χ2n) is 3.97. The van der Waals surface area contributed by atoms with Crippen LogP contribution in [0.5, 0.6) is 0 Å². The fourth-order valence-corrected chi connectivity index (χ4v) is 1.60. The maximum atomic E-state index is 11.5. The number of hydrogen-bond acceptors (Lipinski definition) is 2. The molecule has 0 saturated heterocycles. The fourth-order valence-electron chi connectivity index (χ4n) is 1.60. The van der Waals surface area contributed by atoms with Crippen LogP contribution in [0.4, 0.5) is 4.79 Å². The molecule has 0 bridgehead atoms. The van der Waals surface area contributed by atoms with E-state index in [0.29, 0.717) is 19.3 Å². The summed E-state index contributed by atoms with van der Waals surface area (Å²) in [7, 11) is 0. The Bertz CT molecular complexity index is 329. The van der Waals surface area contributed by atoms with Crippen LogP contribution < -0.4 is 10.6 Å². The Morgan fingerprint density at radius 3 is 2.50 bits per heavy atom. The van der Waals surface area contributed by atoms with Crippen molar-refractivity contribution in [3.63, 3.8) is 0 Å². The van der Waals surface area contributed by atoms with Gasteiger partial charge in [0.2, 0.25) is 0 Å². The lowest BCUT2D eigenvalue weighted by molar-refractivity contribution is -0.148. The van der Waals surface area contributed by atoms with Crippen molar-refractivity contribution in [2.75, 3.05) is 0 Å². The molecular weight excluding hydrogens is 208 g/mol. The minimum atomic E-state index is -1.09. The molecule has 1 unspecified atom stereocenters. The molecule has 16 heavy (non-hydrogen) atoms. The van der Waals surface area contributed by atoms with E-state index in [2.05, 4.69) is 16.6 Å². The predicted octanol–water partition coefficient (Wildman–Crippen LogP) is 0.705. The molecular formula is C11H16N2O3. The standard InChI is InChI=1S/C11H16N2O3/c1-3-8(4-2)12-10(16)13-11(9(14)15)6-5-7-11/h1,8H,4-7H2,2H3,(H,14,15)(H2,12,13,16). The summed E-state index contributed by atoms with van der Waals surface area (Å²) < 4.78 is 0. The summed E-state index contributed by atoms with van der Waals surface area (Å²) >= 11 is 0. The maximum absolute atomic E-state index is 11.5. The molecule has 88 valence electrons. The zero-order valence-electron chi connectivity index (χ0n) is 9.25. The van der Waals surface area contributed by atoms with Crippen LogP contribution in [0.3, 0.4) is 0 Å². The van der Waals surface area contributed by atoms with E-state index >= 15 is 0 Å². The van der Waals surface area contributed by atoms with Crippen molar-refractivity contribution in [3.8, 4) is 12.3 Å². The van der Waals surface area contributed by atoms with Gasteiger partial charge in [-0.25, -0.2) is 9.59 Å². The fraction of sp³-hybridized carbons (Fsp3) is 0.636. The van der Waals surface area contributed by atoms with Crippen molar-refractivity contribution in [2.45, 2.75) is 44.2 Å². The summed E-state index contributed by atoms with van der Waals surface area (Å²) in [5.74, 6) is 1.43. The molecule has 5 nitrogen and oxygen atoms in total. The highest BCUT2D eigenvalue weighted by Gasteiger charge is 2.45. The molecule has 1 aliphatic rings. The summed E-state index contributed by atoms with van der Waals surface area (Å²) in [5, 5.41) is 14.0. The first kappa shape index (κ1) is 12.4. The number of urea groups is 1. The van der Waals surface area contributed by atoms with Crippen molar-refractivity contribution in [2.24, 2.45) is 0 Å². The monoisotopic (exact) mass is 224 g/mol. The number of carboxylic acid groups (broad SMARTS) is 1. The average Bonchev–Trinajstić information content (AvgIpc) is 2.19. The molecule has 2 amide bonds. The first-order valence-electron chi connectivity index (χ1n) is 5.32. The lowest BCUT2D eigenvalue weighted by Gasteiger charge is -2.38. The largest absolute Gasteiger partial charge is 0.480 e. The molecule has 3 N–H and O–H groups in total. The lowest BCUT2D eigenvalue weighted by Crippen LogP contribution is -2.61. The van der Waals surface area contributed by atoms with E-state index in [9.17, 15) is 9.59 Å². The Labute approximate surface area is 94.6 Å². The first-order valence-corrected chi connectivity index (χ1v) is 5.32. The molecule has 0 spiro atoms. The summed E-state index contributed by atoms with van der Waals surface area (Å²) in [5.41, 5.74) is -1.09. The number of carbonyl (C=O) groups is 2. The van der Waals surface area contributed by atoms with Gasteiger partial charge in [0.25, 0.3) is 0 Å². The third-order valence-corrected chi connectivity index (χ3v) is 2.88. The molecule has 0 aromatic rings. The molecule has 5 heteroatoms. The van der Waals surface area contributed by atoms with Gasteiger partial charge in [-0.1, -0.05) is 12.8 Å². The third-order valence-electron chi connectivity index (χ3n) is 2.88. The van der Waals surface area contributed by atoms with E-state index in [4.69, 9.17) is 11.5 Å². The number of carboxylic acids is 1. The number of hydrogen-bond donors (Lipinski definition) is 3. The number of nitrogens with one attached hydrogen (secondary N) is 2. The van der Waals surface area contributed by atoms with E-state index in [1.807, 2.05) is 6.92 Å². The highest BCUT2D eigenvalue weighted by atomic mass is 16.4. The second-order valence-corrected chi connectivity index (χ2v) is 3.97. The summed E-state index contributed by atoms with van der Waals surface area (Å²) in [6, 6.07) is -0.863. The number of rotatable bonds is 4. The van der Waals surface area contributed by atoms with Crippen LogP contribution in [0.25, 0.3) is 0 Å².